The number of benzene rings is 1. The van der Waals surface area contributed by atoms with Gasteiger partial charge in [-0.1, -0.05) is 99.1 Å². The first-order valence-corrected chi connectivity index (χ1v) is 17.4. The lowest BCUT2D eigenvalue weighted by atomic mass is 9.70. The normalized spacial score (nSPS) is 15.6. The molecule has 2 rings (SSSR count). The molecule has 0 unspecified atom stereocenters. The summed E-state index contributed by atoms with van der Waals surface area (Å²) in [7, 11) is -0.960. The van der Waals surface area contributed by atoms with Gasteiger partial charge in [-0.25, -0.2) is 0 Å². The van der Waals surface area contributed by atoms with Crippen molar-refractivity contribution in [2.24, 2.45) is 10.8 Å². The predicted molar refractivity (Wildman–Crippen MR) is 164 cm³/mol. The summed E-state index contributed by atoms with van der Waals surface area (Å²) in [5.41, 5.74) is 3.32. The molecular weight excluding hydrogens is 504 g/mol. The summed E-state index contributed by atoms with van der Waals surface area (Å²) in [4.78, 5) is 10.6. The van der Waals surface area contributed by atoms with Gasteiger partial charge in [-0.15, -0.1) is 0 Å². The number of aliphatic carboxylic acids is 1. The molecule has 1 aliphatic rings. The number of ether oxygens (including phenoxy) is 2. The molecule has 5 nitrogen and oxygen atoms in total. The van der Waals surface area contributed by atoms with Gasteiger partial charge < -0.3 is 19.0 Å². The second-order valence-corrected chi connectivity index (χ2v) is 15.7. The highest BCUT2D eigenvalue weighted by atomic mass is 28.3. The molecule has 1 heterocycles. The summed E-state index contributed by atoms with van der Waals surface area (Å²) in [5, 5.41) is 8.71. The third-order valence-electron chi connectivity index (χ3n) is 7.42. The van der Waals surface area contributed by atoms with E-state index in [1.54, 1.807) is 0 Å². The van der Waals surface area contributed by atoms with Gasteiger partial charge in [0.15, 0.2) is 0 Å². The number of rotatable bonds is 17. The highest BCUT2D eigenvalue weighted by Crippen LogP contribution is 2.52. The minimum atomic E-state index is -0.960. The summed E-state index contributed by atoms with van der Waals surface area (Å²) < 4.78 is 19.3. The first-order valence-electron chi connectivity index (χ1n) is 15.0. The molecule has 0 saturated heterocycles. The molecule has 221 valence electrons. The zero-order chi connectivity index (χ0) is 29.3. The molecule has 1 N–H and O–H groups in total. The summed E-state index contributed by atoms with van der Waals surface area (Å²) in [6.45, 7) is 22.3. The van der Waals surface area contributed by atoms with Crippen LogP contribution in [0.2, 0.25) is 13.1 Å². The van der Waals surface area contributed by atoms with Gasteiger partial charge in [0, 0.05) is 23.9 Å². The fourth-order valence-electron chi connectivity index (χ4n) is 5.70. The van der Waals surface area contributed by atoms with Gasteiger partial charge >= 0.3 is 5.97 Å². The summed E-state index contributed by atoms with van der Waals surface area (Å²) >= 11 is 0. The second-order valence-electron chi connectivity index (χ2n) is 13.7. The van der Waals surface area contributed by atoms with Gasteiger partial charge in [0.05, 0.1) is 18.8 Å². The van der Waals surface area contributed by atoms with Gasteiger partial charge in [0.2, 0.25) is 0 Å². The lowest BCUT2D eigenvalue weighted by molar-refractivity contribution is -0.137. The maximum Gasteiger partial charge on any atom is 0.303 e. The van der Waals surface area contributed by atoms with Crippen LogP contribution >= 0.6 is 0 Å². The number of hydrogen-bond donors (Lipinski definition) is 1. The van der Waals surface area contributed by atoms with Crippen molar-refractivity contribution in [3.8, 4) is 5.75 Å². The first kappa shape index (κ1) is 33.4. The molecule has 1 aromatic carbocycles. The van der Waals surface area contributed by atoms with Crippen molar-refractivity contribution >= 4 is 20.8 Å². The number of carboxylic acids is 1. The Labute approximate surface area is 240 Å². The summed E-state index contributed by atoms with van der Waals surface area (Å²) in [5.74, 6) is 1.27. The average Bonchev–Trinajstić information content (AvgIpc) is 3.14. The van der Waals surface area contributed by atoms with Crippen molar-refractivity contribution in [3.05, 3.63) is 34.9 Å². The largest absolute Gasteiger partial charge is 0.542 e. The Morgan fingerprint density at radius 1 is 0.974 bits per heavy atom. The number of hydrogen-bond acceptors (Lipinski definition) is 4. The lowest BCUT2D eigenvalue weighted by Gasteiger charge is -2.34. The van der Waals surface area contributed by atoms with Crippen LogP contribution in [0.5, 0.6) is 5.75 Å². The van der Waals surface area contributed by atoms with Crippen LogP contribution in [0.3, 0.4) is 0 Å². The van der Waals surface area contributed by atoms with E-state index in [4.69, 9.17) is 19.0 Å². The Morgan fingerprint density at radius 3 is 2.13 bits per heavy atom. The van der Waals surface area contributed by atoms with E-state index in [0.29, 0.717) is 19.6 Å². The molecule has 0 aromatic heterocycles. The maximum atomic E-state index is 10.6. The monoisotopic (exact) mass is 559 g/mol. The van der Waals surface area contributed by atoms with Crippen LogP contribution in [0.15, 0.2) is 23.8 Å². The van der Waals surface area contributed by atoms with Crippen molar-refractivity contribution in [2.75, 3.05) is 19.8 Å². The molecule has 0 saturated carbocycles. The van der Waals surface area contributed by atoms with Crippen LogP contribution in [0.25, 0.3) is 5.76 Å². The smallest absolute Gasteiger partial charge is 0.303 e. The maximum absolute atomic E-state index is 10.6. The fraction of sp³-hybridized carbons (Fsp3) is 0.727. The van der Waals surface area contributed by atoms with E-state index in [9.17, 15) is 4.79 Å². The van der Waals surface area contributed by atoms with E-state index in [0.717, 1.165) is 49.4 Å². The molecule has 0 amide bonds. The second kappa shape index (κ2) is 14.7. The van der Waals surface area contributed by atoms with Crippen LogP contribution in [-0.4, -0.2) is 39.9 Å². The summed E-state index contributed by atoms with van der Waals surface area (Å²) in [6, 6.07) is 6.49. The highest BCUT2D eigenvalue weighted by Gasteiger charge is 2.44. The van der Waals surface area contributed by atoms with Crippen molar-refractivity contribution in [1.29, 1.82) is 0 Å². The predicted octanol–water partition coefficient (Wildman–Crippen LogP) is 9.02. The third kappa shape index (κ3) is 10.3. The van der Waals surface area contributed by atoms with Crippen molar-refractivity contribution in [1.82, 2.24) is 0 Å². The third-order valence-corrected chi connectivity index (χ3v) is 8.04. The SMILES string of the molecule is C[Si](C)Oc1c(C2=C(C(C)(C)COCCCCCCCCCCC(=O)O)C(C)(C)CO2)cccc1C(C)(C)C. The minimum Gasteiger partial charge on any atom is -0.542 e. The van der Waals surface area contributed by atoms with Crippen molar-refractivity contribution in [3.63, 3.8) is 0 Å². The minimum absolute atomic E-state index is 0.0313. The van der Waals surface area contributed by atoms with Crippen molar-refractivity contribution in [2.45, 2.75) is 125 Å². The Morgan fingerprint density at radius 2 is 1.56 bits per heavy atom. The Bertz CT molecular complexity index is 955. The highest BCUT2D eigenvalue weighted by molar-refractivity contribution is 6.49. The van der Waals surface area contributed by atoms with E-state index in [1.807, 2.05) is 0 Å². The Hall–Kier alpha value is -1.79. The standard InChI is InChI=1S/C33H55O5Si/c1-31(2,3)26-20-18-19-25(28(26)38-39(8)9)29-30(33(6,7)24-37-29)32(4,5)23-36-22-17-15-13-11-10-12-14-16-21-27(34)35/h18-20H,10-17,21-24H2,1-9H3,(H,34,35). The molecule has 0 bridgehead atoms. The molecule has 0 atom stereocenters. The zero-order valence-electron chi connectivity index (χ0n) is 26.3. The van der Waals surface area contributed by atoms with Crippen LogP contribution in [0.1, 0.15) is 117 Å². The number of carbonyl (C=O) groups is 1. The molecule has 0 aliphatic carbocycles. The van der Waals surface area contributed by atoms with Gasteiger partial charge in [0.25, 0.3) is 9.04 Å². The number of carboxylic acid groups (broad SMARTS) is 1. The van der Waals surface area contributed by atoms with Gasteiger partial charge in [0.1, 0.15) is 11.5 Å². The van der Waals surface area contributed by atoms with E-state index in [2.05, 4.69) is 79.8 Å². The van der Waals surface area contributed by atoms with Crippen LogP contribution in [0.4, 0.5) is 0 Å². The zero-order valence-corrected chi connectivity index (χ0v) is 27.3. The van der Waals surface area contributed by atoms with E-state index >= 15 is 0 Å². The van der Waals surface area contributed by atoms with E-state index in [1.165, 1.54) is 36.8 Å². The average molecular weight is 560 g/mol. The molecule has 39 heavy (non-hydrogen) atoms. The summed E-state index contributed by atoms with van der Waals surface area (Å²) in [6.07, 6.45) is 9.14. The molecule has 0 spiro atoms. The Kier molecular flexibility index (Phi) is 12.6. The number of para-hydroxylation sites is 1. The molecule has 0 fully saturated rings. The van der Waals surface area contributed by atoms with Crippen LogP contribution < -0.4 is 4.43 Å². The number of unbranched alkanes of at least 4 members (excludes halogenated alkanes) is 7. The van der Waals surface area contributed by atoms with Crippen LogP contribution in [0, 0.1) is 10.8 Å². The first-order chi connectivity index (χ1) is 18.2. The fourth-order valence-corrected chi connectivity index (χ4v) is 6.33. The van der Waals surface area contributed by atoms with E-state index in [-0.39, 0.29) is 16.2 Å². The molecule has 1 aliphatic heterocycles. The Balaban J connectivity index is 2.03. The van der Waals surface area contributed by atoms with E-state index < -0.39 is 15.0 Å². The lowest BCUT2D eigenvalue weighted by Crippen LogP contribution is -2.31. The molecule has 6 heteroatoms. The van der Waals surface area contributed by atoms with Gasteiger partial charge in [-0.05, 0) is 48.6 Å². The van der Waals surface area contributed by atoms with Crippen molar-refractivity contribution < 1.29 is 23.8 Å². The van der Waals surface area contributed by atoms with Gasteiger partial charge in [-0.2, -0.15) is 0 Å². The van der Waals surface area contributed by atoms with Gasteiger partial charge in [-0.3, -0.25) is 4.79 Å². The molecule has 1 radical (unpaired) electrons. The topological polar surface area (TPSA) is 65.0 Å². The molecular formula is C33H55O5Si. The van der Waals surface area contributed by atoms with Crippen LogP contribution in [-0.2, 0) is 19.7 Å². The quantitative estimate of drug-likeness (QED) is 0.152. The molecule has 1 aromatic rings.